The van der Waals surface area contributed by atoms with Crippen LogP contribution in [0.4, 0.5) is 4.79 Å². The summed E-state index contributed by atoms with van der Waals surface area (Å²) in [5, 5.41) is 7.88. The van der Waals surface area contributed by atoms with Gasteiger partial charge in [0.15, 0.2) is 5.69 Å². The summed E-state index contributed by atoms with van der Waals surface area (Å²) in [4.78, 5) is 42.6. The second kappa shape index (κ2) is 10.4. The maximum Gasteiger partial charge on any atom is 0.514 e. The van der Waals surface area contributed by atoms with Gasteiger partial charge in [0.1, 0.15) is 12.3 Å². The monoisotopic (exact) mass is 509 g/mol. The summed E-state index contributed by atoms with van der Waals surface area (Å²) < 4.78 is 14.3. The summed E-state index contributed by atoms with van der Waals surface area (Å²) in [5.74, 6) is -0.957. The molecule has 0 unspecified atom stereocenters. The van der Waals surface area contributed by atoms with E-state index in [0.29, 0.717) is 6.54 Å². The first-order valence-electron chi connectivity index (χ1n) is 12.7. The lowest BCUT2D eigenvalue weighted by atomic mass is 9.92. The number of nitrogens with one attached hydrogen (secondary N) is 1. The molecule has 1 amide bonds. The molecule has 1 aliphatic carbocycles. The molecule has 1 saturated carbocycles. The van der Waals surface area contributed by atoms with E-state index in [1.54, 1.807) is 6.20 Å². The van der Waals surface area contributed by atoms with Crippen LogP contribution in [0.15, 0.2) is 35.5 Å². The molecule has 0 aliphatic heterocycles. The van der Waals surface area contributed by atoms with E-state index in [1.165, 1.54) is 17.9 Å². The second-order valence-corrected chi connectivity index (χ2v) is 10.6. The van der Waals surface area contributed by atoms with Crippen LogP contribution in [0.25, 0.3) is 11.0 Å². The smallest absolute Gasteiger partial charge is 0.433 e. The molecular formula is C27H35N5O5. The van der Waals surface area contributed by atoms with E-state index in [-0.39, 0.29) is 29.0 Å². The Morgan fingerprint density at radius 1 is 1.22 bits per heavy atom. The molecule has 0 atom stereocenters. The molecule has 10 heteroatoms. The van der Waals surface area contributed by atoms with Gasteiger partial charge in [0.05, 0.1) is 18.3 Å². The fraction of sp³-hybridized carbons (Fsp3) is 0.519. The predicted octanol–water partition coefficient (Wildman–Crippen LogP) is 4.18. The minimum atomic E-state index is -0.994. The fourth-order valence-electron chi connectivity index (χ4n) is 4.80. The Hall–Kier alpha value is -3.69. The molecule has 3 heterocycles. The van der Waals surface area contributed by atoms with Crippen LogP contribution >= 0.6 is 0 Å². The van der Waals surface area contributed by atoms with Crippen molar-refractivity contribution in [2.24, 2.45) is 5.41 Å². The van der Waals surface area contributed by atoms with Crippen LogP contribution in [0, 0.1) is 12.3 Å². The van der Waals surface area contributed by atoms with Crippen LogP contribution in [-0.2, 0) is 16.8 Å². The lowest BCUT2D eigenvalue weighted by molar-refractivity contribution is 0.0611. The Labute approximate surface area is 216 Å². The molecule has 0 saturated heterocycles. The van der Waals surface area contributed by atoms with Crippen LogP contribution in [0.2, 0.25) is 0 Å². The fourth-order valence-corrected chi connectivity index (χ4v) is 4.80. The average Bonchev–Trinajstić information content (AvgIpc) is 3.49. The Morgan fingerprint density at radius 2 is 1.95 bits per heavy atom. The number of aromatic nitrogens is 4. The zero-order valence-electron chi connectivity index (χ0n) is 22.2. The average molecular weight is 510 g/mol. The van der Waals surface area contributed by atoms with Crippen molar-refractivity contribution >= 4 is 23.1 Å². The van der Waals surface area contributed by atoms with E-state index in [4.69, 9.17) is 9.47 Å². The quantitative estimate of drug-likeness (QED) is 0.453. The van der Waals surface area contributed by atoms with Gasteiger partial charge in [0, 0.05) is 24.8 Å². The molecule has 0 bridgehead atoms. The number of rotatable bonds is 8. The Morgan fingerprint density at radius 3 is 2.62 bits per heavy atom. The number of pyridine rings is 1. The highest BCUT2D eigenvalue weighted by atomic mass is 16.7. The molecule has 0 radical (unpaired) electrons. The lowest BCUT2D eigenvalue weighted by Gasteiger charge is -2.32. The zero-order valence-corrected chi connectivity index (χ0v) is 22.2. The van der Waals surface area contributed by atoms with E-state index in [2.05, 4.69) is 39.2 Å². The van der Waals surface area contributed by atoms with Crippen LogP contribution in [0.5, 0.6) is 5.75 Å². The third-order valence-electron chi connectivity index (χ3n) is 7.37. The number of fused-ring (bicyclic) bond motifs is 1. The molecule has 1 fully saturated rings. The summed E-state index contributed by atoms with van der Waals surface area (Å²) in [6.45, 7) is 8.49. The van der Waals surface area contributed by atoms with E-state index >= 15 is 0 Å². The van der Waals surface area contributed by atoms with Gasteiger partial charge in [-0.15, -0.1) is 0 Å². The number of hydrogen-bond donors (Lipinski definition) is 1. The van der Waals surface area contributed by atoms with Crippen LogP contribution < -0.4 is 15.5 Å². The predicted molar refractivity (Wildman–Crippen MR) is 139 cm³/mol. The maximum absolute atomic E-state index is 13.0. The first-order chi connectivity index (χ1) is 17.6. The third kappa shape index (κ3) is 5.38. The largest absolute Gasteiger partial charge is 0.514 e. The number of ether oxygens (including phenoxy) is 2. The van der Waals surface area contributed by atoms with Gasteiger partial charge >= 0.3 is 6.16 Å². The van der Waals surface area contributed by atoms with E-state index in [1.807, 2.05) is 26.8 Å². The minimum Gasteiger partial charge on any atom is -0.433 e. The topological polar surface area (TPSA) is 117 Å². The molecule has 3 aromatic rings. The molecule has 4 rings (SSSR count). The molecule has 3 aromatic heterocycles. The van der Waals surface area contributed by atoms with Gasteiger partial charge in [0.25, 0.3) is 11.3 Å². The van der Waals surface area contributed by atoms with Gasteiger partial charge in [0.2, 0.25) is 5.75 Å². The molecule has 10 nitrogen and oxygen atoms in total. The van der Waals surface area contributed by atoms with Crippen LogP contribution in [-0.4, -0.2) is 45.0 Å². The van der Waals surface area contributed by atoms with Gasteiger partial charge in [-0.25, -0.2) is 9.78 Å². The standard InChI is InChI=1S/C27H35N5O5/c1-6-26(3,4)17-36-25(35)37-20-15-31(30-21(22(20)33)24(34)28-5)16-27(11-7-8-12-27)32-14-18(2)19-10-9-13-29-23(19)32/h9-10,13-15H,6-8,11-12,16-17H2,1-5H3,(H,28,34). The summed E-state index contributed by atoms with van der Waals surface area (Å²) >= 11 is 0. The number of carbonyl (C=O) groups is 2. The second-order valence-electron chi connectivity index (χ2n) is 10.6. The van der Waals surface area contributed by atoms with Crippen molar-refractivity contribution < 1.29 is 19.1 Å². The summed E-state index contributed by atoms with van der Waals surface area (Å²) in [6.07, 6.45) is 8.87. The highest BCUT2D eigenvalue weighted by molar-refractivity contribution is 5.92. The van der Waals surface area contributed by atoms with E-state index < -0.39 is 17.5 Å². The SMILES string of the molecule is CCC(C)(C)COC(=O)Oc1cn(CC2(n3cc(C)c4cccnc43)CCCC2)nc(C(=O)NC)c1=O. The lowest BCUT2D eigenvalue weighted by Crippen LogP contribution is -2.38. The van der Waals surface area contributed by atoms with Crippen LogP contribution in [0.1, 0.15) is 68.9 Å². The molecule has 1 N–H and O–H groups in total. The molecule has 1 aliphatic rings. The summed E-state index contributed by atoms with van der Waals surface area (Å²) in [5.41, 5.74) is 0.285. The molecule has 37 heavy (non-hydrogen) atoms. The number of amides is 1. The van der Waals surface area contributed by atoms with Crippen molar-refractivity contribution in [3.63, 3.8) is 0 Å². The Balaban J connectivity index is 1.71. The minimum absolute atomic E-state index is 0.139. The number of hydrogen-bond acceptors (Lipinski definition) is 7. The highest BCUT2D eigenvalue weighted by Crippen LogP contribution is 2.41. The van der Waals surface area contributed by atoms with E-state index in [9.17, 15) is 14.4 Å². The summed E-state index contributed by atoms with van der Waals surface area (Å²) in [6, 6.07) is 3.97. The molecular weight excluding hydrogens is 474 g/mol. The highest BCUT2D eigenvalue weighted by Gasteiger charge is 2.38. The van der Waals surface area contributed by atoms with Gasteiger partial charge in [-0.2, -0.15) is 5.10 Å². The maximum atomic E-state index is 13.0. The Kier molecular flexibility index (Phi) is 7.38. The van der Waals surface area contributed by atoms with Gasteiger partial charge in [-0.3, -0.25) is 14.3 Å². The van der Waals surface area contributed by atoms with Crippen molar-refractivity contribution in [3.8, 4) is 5.75 Å². The molecule has 0 spiro atoms. The molecule has 0 aromatic carbocycles. The van der Waals surface area contributed by atoms with Crippen molar-refractivity contribution in [2.45, 2.75) is 71.9 Å². The number of carbonyl (C=O) groups excluding carboxylic acids is 2. The first kappa shape index (κ1) is 26.4. The van der Waals surface area contributed by atoms with Gasteiger partial charge < -0.3 is 19.4 Å². The first-order valence-corrected chi connectivity index (χ1v) is 12.7. The van der Waals surface area contributed by atoms with Gasteiger partial charge in [-0.1, -0.05) is 33.6 Å². The normalized spacial score (nSPS) is 15.1. The molecule has 198 valence electrons. The van der Waals surface area contributed by atoms with Gasteiger partial charge in [-0.05, 0) is 49.3 Å². The zero-order chi connectivity index (χ0) is 26.8. The number of aryl methyl sites for hydroxylation is 1. The van der Waals surface area contributed by atoms with Crippen molar-refractivity contribution in [2.75, 3.05) is 13.7 Å². The number of nitrogens with zero attached hydrogens (tertiary/aromatic N) is 4. The van der Waals surface area contributed by atoms with Crippen molar-refractivity contribution in [3.05, 3.63) is 52.2 Å². The van der Waals surface area contributed by atoms with E-state index in [0.717, 1.165) is 48.7 Å². The van der Waals surface area contributed by atoms with Crippen LogP contribution in [0.3, 0.4) is 0 Å². The third-order valence-corrected chi connectivity index (χ3v) is 7.37. The summed E-state index contributed by atoms with van der Waals surface area (Å²) in [7, 11) is 1.42. The Bertz CT molecular complexity index is 1370. The van der Waals surface area contributed by atoms with Crippen molar-refractivity contribution in [1.82, 2.24) is 24.6 Å². The van der Waals surface area contributed by atoms with Crippen molar-refractivity contribution in [1.29, 1.82) is 0 Å².